The van der Waals surface area contributed by atoms with E-state index in [9.17, 15) is 0 Å². The molecule has 1 aromatic rings. The van der Waals surface area contributed by atoms with Crippen molar-refractivity contribution < 1.29 is 4.74 Å². The quantitative estimate of drug-likeness (QED) is 0.843. The van der Waals surface area contributed by atoms with E-state index in [1.165, 1.54) is 12.8 Å². The van der Waals surface area contributed by atoms with E-state index in [1.54, 1.807) is 0 Å². The molecule has 1 aliphatic heterocycles. The van der Waals surface area contributed by atoms with Crippen molar-refractivity contribution in [3.05, 3.63) is 18.0 Å². The topological polar surface area (TPSA) is 39.1 Å². The molecule has 0 aromatic carbocycles. The van der Waals surface area contributed by atoms with Crippen LogP contribution in [0.25, 0.3) is 0 Å². The first kappa shape index (κ1) is 13.6. The Hall–Kier alpha value is -0.870. The minimum Gasteiger partial charge on any atom is -0.381 e. The summed E-state index contributed by atoms with van der Waals surface area (Å²) in [4.78, 5) is 0. The lowest BCUT2D eigenvalue weighted by atomic mass is 10.0. The van der Waals surface area contributed by atoms with E-state index >= 15 is 0 Å². The maximum atomic E-state index is 5.36. The Labute approximate surface area is 110 Å². The van der Waals surface area contributed by atoms with Gasteiger partial charge in [0.1, 0.15) is 0 Å². The van der Waals surface area contributed by atoms with Crippen molar-refractivity contribution in [3.63, 3.8) is 0 Å². The van der Waals surface area contributed by atoms with Crippen LogP contribution in [-0.4, -0.2) is 29.5 Å². The van der Waals surface area contributed by atoms with Gasteiger partial charge in [0.15, 0.2) is 0 Å². The van der Waals surface area contributed by atoms with Crippen LogP contribution in [0.15, 0.2) is 12.3 Å². The van der Waals surface area contributed by atoms with Gasteiger partial charge in [-0.1, -0.05) is 6.92 Å². The molecule has 0 radical (unpaired) electrons. The van der Waals surface area contributed by atoms with Crippen LogP contribution in [-0.2, 0) is 11.3 Å². The van der Waals surface area contributed by atoms with E-state index < -0.39 is 0 Å². The fraction of sp³-hybridized carbons (Fsp3) is 0.786. The Morgan fingerprint density at radius 1 is 1.50 bits per heavy atom. The number of ether oxygens (including phenoxy) is 1. The van der Waals surface area contributed by atoms with Crippen molar-refractivity contribution in [3.8, 4) is 0 Å². The normalized spacial score (nSPS) is 19.0. The molecule has 1 saturated heterocycles. The lowest BCUT2D eigenvalue weighted by Gasteiger charge is -2.22. The Morgan fingerprint density at radius 3 is 3.00 bits per heavy atom. The first-order chi connectivity index (χ1) is 8.79. The van der Waals surface area contributed by atoms with Crippen LogP contribution in [0.5, 0.6) is 0 Å². The molecule has 18 heavy (non-hydrogen) atoms. The molecule has 0 amide bonds. The predicted octanol–water partition coefficient (Wildman–Crippen LogP) is 2.37. The average Bonchev–Trinajstić information content (AvgIpc) is 2.88. The summed E-state index contributed by atoms with van der Waals surface area (Å²) in [6, 6.07) is 2.61. The molecule has 1 fully saturated rings. The second-order valence-corrected chi connectivity index (χ2v) is 5.23. The number of hydrogen-bond acceptors (Lipinski definition) is 3. The highest BCUT2D eigenvalue weighted by atomic mass is 16.5. The van der Waals surface area contributed by atoms with Gasteiger partial charge in [-0.25, -0.2) is 0 Å². The molecule has 1 N–H and O–H groups in total. The lowest BCUT2D eigenvalue weighted by molar-refractivity contribution is 0.0662. The predicted molar refractivity (Wildman–Crippen MR) is 72.5 cm³/mol. The number of nitrogens with zero attached hydrogens (tertiary/aromatic N) is 2. The number of aromatic nitrogens is 2. The molecule has 4 nitrogen and oxygen atoms in total. The van der Waals surface area contributed by atoms with Gasteiger partial charge in [-0.2, -0.15) is 5.10 Å². The van der Waals surface area contributed by atoms with E-state index in [0.717, 1.165) is 44.3 Å². The van der Waals surface area contributed by atoms with E-state index in [4.69, 9.17) is 4.74 Å². The highest BCUT2D eigenvalue weighted by Crippen LogP contribution is 2.13. The van der Waals surface area contributed by atoms with Gasteiger partial charge in [0.25, 0.3) is 0 Å². The zero-order valence-corrected chi connectivity index (χ0v) is 11.6. The molecular weight excluding hydrogens is 226 g/mol. The summed E-state index contributed by atoms with van der Waals surface area (Å²) in [6.45, 7) is 8.20. The van der Waals surface area contributed by atoms with Gasteiger partial charge in [-0.15, -0.1) is 0 Å². The SMILES string of the molecule is CCC(C)n1ccc(CNCC2CCOCC2)n1. The molecule has 0 aliphatic carbocycles. The van der Waals surface area contributed by atoms with Crippen molar-refractivity contribution in [2.75, 3.05) is 19.8 Å². The monoisotopic (exact) mass is 251 g/mol. The third kappa shape index (κ3) is 3.82. The minimum absolute atomic E-state index is 0.495. The zero-order chi connectivity index (χ0) is 12.8. The largest absolute Gasteiger partial charge is 0.381 e. The van der Waals surface area contributed by atoms with Gasteiger partial charge in [-0.3, -0.25) is 4.68 Å². The smallest absolute Gasteiger partial charge is 0.0762 e. The van der Waals surface area contributed by atoms with Gasteiger partial charge >= 0.3 is 0 Å². The molecular formula is C14H25N3O. The molecule has 0 saturated carbocycles. The van der Waals surface area contributed by atoms with E-state index in [-0.39, 0.29) is 0 Å². The van der Waals surface area contributed by atoms with Crippen LogP contribution < -0.4 is 5.32 Å². The van der Waals surface area contributed by atoms with Crippen LogP contribution >= 0.6 is 0 Å². The summed E-state index contributed by atoms with van der Waals surface area (Å²) in [6.07, 6.45) is 5.58. The minimum atomic E-state index is 0.495. The summed E-state index contributed by atoms with van der Waals surface area (Å²) < 4.78 is 7.42. The molecule has 1 atom stereocenters. The van der Waals surface area contributed by atoms with Crippen LogP contribution in [0, 0.1) is 5.92 Å². The van der Waals surface area contributed by atoms with Crippen LogP contribution in [0.3, 0.4) is 0 Å². The lowest BCUT2D eigenvalue weighted by Crippen LogP contribution is -2.27. The highest BCUT2D eigenvalue weighted by Gasteiger charge is 2.13. The highest BCUT2D eigenvalue weighted by molar-refractivity contribution is 4.99. The molecule has 2 heterocycles. The summed E-state index contributed by atoms with van der Waals surface area (Å²) in [5.41, 5.74) is 1.14. The molecule has 1 unspecified atom stereocenters. The maximum Gasteiger partial charge on any atom is 0.0762 e. The maximum absolute atomic E-state index is 5.36. The van der Waals surface area contributed by atoms with E-state index in [1.807, 2.05) is 0 Å². The fourth-order valence-corrected chi connectivity index (χ4v) is 2.26. The second-order valence-electron chi connectivity index (χ2n) is 5.23. The Kier molecular flexibility index (Phi) is 5.20. The second kappa shape index (κ2) is 6.90. The summed E-state index contributed by atoms with van der Waals surface area (Å²) in [7, 11) is 0. The molecule has 4 heteroatoms. The van der Waals surface area contributed by atoms with Crippen LogP contribution in [0.2, 0.25) is 0 Å². The first-order valence-corrected chi connectivity index (χ1v) is 7.12. The molecule has 102 valence electrons. The van der Waals surface area contributed by atoms with Gasteiger partial charge in [0.05, 0.1) is 5.69 Å². The third-order valence-electron chi connectivity index (χ3n) is 3.79. The van der Waals surface area contributed by atoms with E-state index in [2.05, 4.69) is 41.2 Å². The van der Waals surface area contributed by atoms with E-state index in [0.29, 0.717) is 6.04 Å². The summed E-state index contributed by atoms with van der Waals surface area (Å²) in [5, 5.41) is 8.10. The Balaban J connectivity index is 1.71. The standard InChI is InChI=1S/C14H25N3O/c1-3-12(2)17-7-4-14(16-17)11-15-10-13-5-8-18-9-6-13/h4,7,12-13,15H,3,5-6,8-11H2,1-2H3. The van der Waals surface area contributed by atoms with Crippen LogP contribution in [0.1, 0.15) is 44.8 Å². The summed E-state index contributed by atoms with van der Waals surface area (Å²) in [5.74, 6) is 0.774. The Morgan fingerprint density at radius 2 is 2.28 bits per heavy atom. The number of nitrogens with one attached hydrogen (secondary N) is 1. The van der Waals surface area contributed by atoms with Crippen molar-refractivity contribution in [2.24, 2.45) is 5.92 Å². The average molecular weight is 251 g/mol. The Bertz CT molecular complexity index is 345. The van der Waals surface area contributed by atoms with Crippen LogP contribution in [0.4, 0.5) is 0 Å². The van der Waals surface area contributed by atoms with Crippen molar-refractivity contribution in [1.29, 1.82) is 0 Å². The van der Waals surface area contributed by atoms with Crippen molar-refractivity contribution in [2.45, 2.75) is 45.7 Å². The molecule has 2 rings (SSSR count). The number of rotatable bonds is 6. The van der Waals surface area contributed by atoms with Gasteiger partial charge in [0.2, 0.25) is 0 Å². The van der Waals surface area contributed by atoms with Gasteiger partial charge in [0, 0.05) is 32.0 Å². The number of hydrogen-bond donors (Lipinski definition) is 1. The molecule has 1 aliphatic rings. The van der Waals surface area contributed by atoms with Crippen molar-refractivity contribution >= 4 is 0 Å². The summed E-state index contributed by atoms with van der Waals surface area (Å²) >= 11 is 0. The first-order valence-electron chi connectivity index (χ1n) is 7.12. The molecule has 0 spiro atoms. The zero-order valence-electron chi connectivity index (χ0n) is 11.6. The van der Waals surface area contributed by atoms with Gasteiger partial charge in [-0.05, 0) is 44.7 Å². The molecule has 0 bridgehead atoms. The van der Waals surface area contributed by atoms with Gasteiger partial charge < -0.3 is 10.1 Å². The fourth-order valence-electron chi connectivity index (χ4n) is 2.26. The van der Waals surface area contributed by atoms with Crippen molar-refractivity contribution in [1.82, 2.24) is 15.1 Å². The third-order valence-corrected chi connectivity index (χ3v) is 3.79. The molecule has 1 aromatic heterocycles.